The highest BCUT2D eigenvalue weighted by molar-refractivity contribution is 5.44. The lowest BCUT2D eigenvalue weighted by Gasteiger charge is -2.22. The molecule has 1 fully saturated rings. The first-order chi connectivity index (χ1) is 7.72. The first kappa shape index (κ1) is 11.2. The fraction of sp³-hybridized carbons (Fsp3) is 0.583. The van der Waals surface area contributed by atoms with Gasteiger partial charge in [-0.05, 0) is 25.0 Å². The molecule has 16 heavy (non-hydrogen) atoms. The second-order valence-corrected chi connectivity index (χ2v) is 4.44. The maximum absolute atomic E-state index is 10.2. The summed E-state index contributed by atoms with van der Waals surface area (Å²) in [6.45, 7) is 0.590. The quantitative estimate of drug-likeness (QED) is 0.726. The number of nitrogens with zero attached hydrogens (tertiary/aromatic N) is 1. The van der Waals surface area contributed by atoms with Crippen molar-refractivity contribution < 1.29 is 5.11 Å². The molecule has 1 aliphatic carbocycles. The zero-order valence-corrected chi connectivity index (χ0v) is 9.66. The number of rotatable bonds is 4. The normalized spacial score (nSPS) is 18.4. The van der Waals surface area contributed by atoms with Crippen LogP contribution in [0.4, 0.5) is 11.6 Å². The highest BCUT2D eigenvalue weighted by Gasteiger charge is 2.30. The fourth-order valence-electron chi connectivity index (χ4n) is 2.14. The molecule has 4 nitrogen and oxygen atoms in total. The maximum Gasteiger partial charge on any atom is 0.128 e. The van der Waals surface area contributed by atoms with Crippen LogP contribution in [0.2, 0.25) is 0 Å². The van der Waals surface area contributed by atoms with Crippen molar-refractivity contribution in [3.63, 3.8) is 0 Å². The molecule has 1 saturated carbocycles. The zero-order valence-electron chi connectivity index (χ0n) is 9.66. The van der Waals surface area contributed by atoms with Crippen LogP contribution in [-0.4, -0.2) is 29.3 Å². The summed E-state index contributed by atoms with van der Waals surface area (Å²) in [5, 5.41) is 16.4. The average molecular weight is 221 g/mol. The first-order valence-corrected chi connectivity index (χ1v) is 5.83. The van der Waals surface area contributed by atoms with Gasteiger partial charge in [0.2, 0.25) is 0 Å². The Labute approximate surface area is 96.1 Å². The SMILES string of the molecule is CNc1cccc(NCC2(O)CCCC2)n1. The number of aromatic nitrogens is 1. The lowest BCUT2D eigenvalue weighted by atomic mass is 10.0. The number of aliphatic hydroxyl groups is 1. The molecule has 1 aliphatic rings. The Morgan fingerprint density at radius 1 is 1.31 bits per heavy atom. The number of nitrogens with one attached hydrogen (secondary N) is 2. The smallest absolute Gasteiger partial charge is 0.128 e. The van der Waals surface area contributed by atoms with Gasteiger partial charge in [-0.2, -0.15) is 0 Å². The van der Waals surface area contributed by atoms with E-state index in [1.165, 1.54) is 0 Å². The zero-order chi connectivity index (χ0) is 11.4. The maximum atomic E-state index is 10.2. The number of hydrogen-bond acceptors (Lipinski definition) is 4. The van der Waals surface area contributed by atoms with Crippen molar-refractivity contribution in [2.75, 3.05) is 24.2 Å². The average Bonchev–Trinajstić information content (AvgIpc) is 2.75. The summed E-state index contributed by atoms with van der Waals surface area (Å²) in [5.41, 5.74) is -0.530. The standard InChI is InChI=1S/C12H19N3O/c1-13-10-5-4-6-11(15-10)14-9-12(16)7-2-3-8-12/h4-6,16H,2-3,7-9H2,1H3,(H2,13,14,15). The van der Waals surface area contributed by atoms with E-state index in [4.69, 9.17) is 0 Å². The van der Waals surface area contributed by atoms with E-state index in [0.717, 1.165) is 37.3 Å². The van der Waals surface area contributed by atoms with Crippen molar-refractivity contribution in [3.8, 4) is 0 Å². The lowest BCUT2D eigenvalue weighted by Crippen LogP contribution is -2.33. The molecule has 0 unspecified atom stereocenters. The van der Waals surface area contributed by atoms with E-state index >= 15 is 0 Å². The van der Waals surface area contributed by atoms with E-state index in [1.807, 2.05) is 25.2 Å². The molecule has 1 heterocycles. The third-order valence-electron chi connectivity index (χ3n) is 3.14. The van der Waals surface area contributed by atoms with Crippen LogP contribution in [-0.2, 0) is 0 Å². The second-order valence-electron chi connectivity index (χ2n) is 4.44. The summed E-state index contributed by atoms with van der Waals surface area (Å²) in [5.74, 6) is 1.65. The van der Waals surface area contributed by atoms with E-state index in [-0.39, 0.29) is 0 Å². The molecule has 88 valence electrons. The summed E-state index contributed by atoms with van der Waals surface area (Å²) in [6.07, 6.45) is 4.04. The minimum Gasteiger partial charge on any atom is -0.388 e. The molecule has 4 heteroatoms. The molecule has 0 atom stereocenters. The predicted molar refractivity (Wildman–Crippen MR) is 65.7 cm³/mol. The Morgan fingerprint density at radius 3 is 2.69 bits per heavy atom. The molecule has 0 saturated heterocycles. The lowest BCUT2D eigenvalue weighted by molar-refractivity contribution is 0.0614. The van der Waals surface area contributed by atoms with Gasteiger partial charge in [-0.1, -0.05) is 18.9 Å². The van der Waals surface area contributed by atoms with Gasteiger partial charge in [0, 0.05) is 13.6 Å². The van der Waals surface area contributed by atoms with Crippen LogP contribution in [0.1, 0.15) is 25.7 Å². The molecule has 1 aromatic rings. The molecule has 0 aromatic carbocycles. The third-order valence-corrected chi connectivity index (χ3v) is 3.14. The van der Waals surface area contributed by atoms with Gasteiger partial charge >= 0.3 is 0 Å². The Balaban J connectivity index is 1.93. The summed E-state index contributed by atoms with van der Waals surface area (Å²) >= 11 is 0. The minimum absolute atomic E-state index is 0.530. The van der Waals surface area contributed by atoms with Crippen molar-refractivity contribution in [1.82, 2.24) is 4.98 Å². The van der Waals surface area contributed by atoms with E-state index in [1.54, 1.807) is 0 Å². The molecular formula is C12H19N3O. The van der Waals surface area contributed by atoms with E-state index in [9.17, 15) is 5.11 Å². The molecule has 0 radical (unpaired) electrons. The number of hydrogen-bond donors (Lipinski definition) is 3. The molecule has 2 rings (SSSR count). The van der Waals surface area contributed by atoms with Crippen molar-refractivity contribution in [2.24, 2.45) is 0 Å². The Kier molecular flexibility index (Phi) is 3.29. The van der Waals surface area contributed by atoms with E-state index in [2.05, 4.69) is 15.6 Å². The minimum atomic E-state index is -0.530. The van der Waals surface area contributed by atoms with Gasteiger partial charge in [-0.25, -0.2) is 4.98 Å². The van der Waals surface area contributed by atoms with Crippen molar-refractivity contribution in [3.05, 3.63) is 18.2 Å². The highest BCUT2D eigenvalue weighted by Crippen LogP contribution is 2.29. The van der Waals surface area contributed by atoms with Gasteiger partial charge in [0.05, 0.1) is 5.60 Å². The van der Waals surface area contributed by atoms with Crippen LogP contribution in [0, 0.1) is 0 Å². The number of anilines is 2. The van der Waals surface area contributed by atoms with Crippen molar-refractivity contribution >= 4 is 11.6 Å². The molecule has 0 spiro atoms. The molecule has 3 N–H and O–H groups in total. The topological polar surface area (TPSA) is 57.2 Å². The summed E-state index contributed by atoms with van der Waals surface area (Å²) in [4.78, 5) is 4.35. The largest absolute Gasteiger partial charge is 0.388 e. The monoisotopic (exact) mass is 221 g/mol. The number of pyridine rings is 1. The van der Waals surface area contributed by atoms with Crippen LogP contribution in [0.5, 0.6) is 0 Å². The predicted octanol–water partition coefficient (Wildman–Crippen LogP) is 1.84. The second kappa shape index (κ2) is 4.70. The Bertz CT molecular complexity index is 348. The molecule has 1 aromatic heterocycles. The van der Waals surface area contributed by atoms with Crippen molar-refractivity contribution in [2.45, 2.75) is 31.3 Å². The van der Waals surface area contributed by atoms with Gasteiger partial charge in [0.15, 0.2) is 0 Å². The highest BCUT2D eigenvalue weighted by atomic mass is 16.3. The molecule has 0 bridgehead atoms. The summed E-state index contributed by atoms with van der Waals surface area (Å²) in [6, 6.07) is 5.77. The van der Waals surface area contributed by atoms with Crippen LogP contribution >= 0.6 is 0 Å². The van der Waals surface area contributed by atoms with Gasteiger partial charge in [-0.3, -0.25) is 0 Å². The first-order valence-electron chi connectivity index (χ1n) is 5.83. The molecular weight excluding hydrogens is 202 g/mol. The third kappa shape index (κ3) is 2.64. The van der Waals surface area contributed by atoms with E-state index < -0.39 is 5.60 Å². The van der Waals surface area contributed by atoms with Crippen molar-refractivity contribution in [1.29, 1.82) is 0 Å². The summed E-state index contributed by atoms with van der Waals surface area (Å²) < 4.78 is 0. The van der Waals surface area contributed by atoms with Crippen LogP contribution in [0.3, 0.4) is 0 Å². The van der Waals surface area contributed by atoms with Gasteiger partial charge in [-0.15, -0.1) is 0 Å². The molecule has 0 aliphatic heterocycles. The van der Waals surface area contributed by atoms with Gasteiger partial charge < -0.3 is 15.7 Å². The van der Waals surface area contributed by atoms with Crippen LogP contribution < -0.4 is 10.6 Å². The van der Waals surface area contributed by atoms with Gasteiger partial charge in [0.1, 0.15) is 11.6 Å². The molecule has 0 amide bonds. The van der Waals surface area contributed by atoms with E-state index in [0.29, 0.717) is 6.54 Å². The van der Waals surface area contributed by atoms with Gasteiger partial charge in [0.25, 0.3) is 0 Å². The summed E-state index contributed by atoms with van der Waals surface area (Å²) in [7, 11) is 1.84. The van der Waals surface area contributed by atoms with Crippen LogP contribution in [0.25, 0.3) is 0 Å². The fourth-order valence-corrected chi connectivity index (χ4v) is 2.14. The Morgan fingerprint density at radius 2 is 2.00 bits per heavy atom. The Hall–Kier alpha value is -1.29. The van der Waals surface area contributed by atoms with Crippen LogP contribution in [0.15, 0.2) is 18.2 Å².